The summed E-state index contributed by atoms with van der Waals surface area (Å²) in [6.45, 7) is 3.94. The second-order valence-electron chi connectivity index (χ2n) is 5.07. The van der Waals surface area contributed by atoms with E-state index in [1.165, 1.54) is 0 Å². The third-order valence-corrected chi connectivity index (χ3v) is 4.07. The zero-order valence-corrected chi connectivity index (χ0v) is 11.7. The summed E-state index contributed by atoms with van der Waals surface area (Å²) in [7, 11) is 1.63. The minimum absolute atomic E-state index is 0.140. The van der Waals surface area contributed by atoms with Gasteiger partial charge in [0.05, 0.1) is 12.5 Å². The van der Waals surface area contributed by atoms with Crippen molar-refractivity contribution in [3.63, 3.8) is 0 Å². The van der Waals surface area contributed by atoms with Gasteiger partial charge in [-0.25, -0.2) is 0 Å². The van der Waals surface area contributed by atoms with E-state index in [1.807, 2.05) is 24.3 Å². The average Bonchev–Trinajstić information content (AvgIpc) is 2.48. The molecule has 2 N–H and O–H groups in total. The summed E-state index contributed by atoms with van der Waals surface area (Å²) in [6, 6.07) is 7.47. The van der Waals surface area contributed by atoms with E-state index in [2.05, 4.69) is 17.6 Å². The minimum atomic E-state index is -0.217. The molecular formula is C15H22N2O2. The van der Waals surface area contributed by atoms with Crippen molar-refractivity contribution < 1.29 is 9.53 Å². The number of nitrogens with one attached hydrogen (secondary N) is 2. The smallest absolute Gasteiger partial charge is 0.230 e. The van der Waals surface area contributed by atoms with Crippen LogP contribution in [0.2, 0.25) is 0 Å². The fourth-order valence-corrected chi connectivity index (χ4v) is 2.58. The van der Waals surface area contributed by atoms with Crippen LogP contribution in [0.5, 0.6) is 5.75 Å². The molecule has 1 aromatic carbocycles. The summed E-state index contributed by atoms with van der Waals surface area (Å²) in [5.74, 6) is 0.937. The molecule has 19 heavy (non-hydrogen) atoms. The van der Waals surface area contributed by atoms with Gasteiger partial charge in [-0.05, 0) is 56.6 Å². The van der Waals surface area contributed by atoms with Crippen molar-refractivity contribution in [1.29, 1.82) is 0 Å². The van der Waals surface area contributed by atoms with Crippen LogP contribution < -0.4 is 15.4 Å². The summed E-state index contributed by atoms with van der Waals surface area (Å²) >= 11 is 0. The third-order valence-electron chi connectivity index (χ3n) is 4.07. The molecule has 0 saturated carbocycles. The SMILES string of the molecule is CCC1(C(=O)Nc2ccc(OC)cc2)CCNCC1. The molecule has 1 amide bonds. The zero-order valence-electron chi connectivity index (χ0n) is 11.7. The van der Waals surface area contributed by atoms with Crippen LogP contribution in [0.1, 0.15) is 26.2 Å². The first-order valence-electron chi connectivity index (χ1n) is 6.86. The van der Waals surface area contributed by atoms with Crippen molar-refractivity contribution in [2.24, 2.45) is 5.41 Å². The fraction of sp³-hybridized carbons (Fsp3) is 0.533. The second-order valence-corrected chi connectivity index (χ2v) is 5.07. The maximum absolute atomic E-state index is 12.5. The molecule has 1 aliphatic rings. The second kappa shape index (κ2) is 6.06. The van der Waals surface area contributed by atoms with Crippen molar-refractivity contribution in [2.45, 2.75) is 26.2 Å². The monoisotopic (exact) mass is 262 g/mol. The lowest BCUT2D eigenvalue weighted by Gasteiger charge is -2.35. The summed E-state index contributed by atoms with van der Waals surface area (Å²) < 4.78 is 5.11. The Hall–Kier alpha value is -1.55. The van der Waals surface area contributed by atoms with Crippen LogP contribution in [0.3, 0.4) is 0 Å². The molecule has 4 nitrogen and oxygen atoms in total. The number of hydrogen-bond acceptors (Lipinski definition) is 3. The van der Waals surface area contributed by atoms with Crippen molar-refractivity contribution in [2.75, 3.05) is 25.5 Å². The number of carbonyl (C=O) groups is 1. The lowest BCUT2D eigenvalue weighted by Crippen LogP contribution is -2.44. The van der Waals surface area contributed by atoms with Gasteiger partial charge in [0.15, 0.2) is 0 Å². The van der Waals surface area contributed by atoms with E-state index in [9.17, 15) is 4.79 Å². The minimum Gasteiger partial charge on any atom is -0.497 e. The predicted octanol–water partition coefficient (Wildman–Crippen LogP) is 2.41. The normalized spacial score (nSPS) is 17.8. The summed E-state index contributed by atoms with van der Waals surface area (Å²) in [6.07, 6.45) is 2.70. The molecule has 0 atom stereocenters. The number of carbonyl (C=O) groups excluding carboxylic acids is 1. The van der Waals surface area contributed by atoms with Crippen LogP contribution >= 0.6 is 0 Å². The molecule has 2 rings (SSSR count). The molecule has 1 aliphatic heterocycles. The van der Waals surface area contributed by atoms with E-state index in [0.29, 0.717) is 0 Å². The molecule has 0 unspecified atom stereocenters. The quantitative estimate of drug-likeness (QED) is 0.876. The lowest BCUT2D eigenvalue weighted by molar-refractivity contribution is -0.127. The van der Waals surface area contributed by atoms with Gasteiger partial charge in [-0.2, -0.15) is 0 Å². The van der Waals surface area contributed by atoms with Gasteiger partial charge < -0.3 is 15.4 Å². The van der Waals surface area contributed by atoms with Crippen molar-refractivity contribution in [3.05, 3.63) is 24.3 Å². The Balaban J connectivity index is 2.05. The van der Waals surface area contributed by atoms with E-state index in [4.69, 9.17) is 4.74 Å². The Bertz CT molecular complexity index is 422. The Labute approximate surface area is 114 Å². The van der Waals surface area contributed by atoms with Crippen LogP contribution in [0.15, 0.2) is 24.3 Å². The molecule has 1 fully saturated rings. The predicted molar refractivity (Wildman–Crippen MR) is 76.5 cm³/mol. The van der Waals surface area contributed by atoms with Crippen molar-refractivity contribution in [3.8, 4) is 5.75 Å². The number of rotatable bonds is 4. The van der Waals surface area contributed by atoms with Gasteiger partial charge in [0.2, 0.25) is 5.91 Å². The van der Waals surface area contributed by atoms with Gasteiger partial charge in [0, 0.05) is 5.69 Å². The van der Waals surface area contributed by atoms with Crippen LogP contribution in [-0.2, 0) is 4.79 Å². The maximum Gasteiger partial charge on any atom is 0.230 e. The number of anilines is 1. The number of benzene rings is 1. The van der Waals surface area contributed by atoms with Gasteiger partial charge in [-0.15, -0.1) is 0 Å². The van der Waals surface area contributed by atoms with E-state index in [0.717, 1.165) is 43.8 Å². The molecule has 0 spiro atoms. The Morgan fingerprint density at radius 2 is 1.95 bits per heavy atom. The first-order chi connectivity index (χ1) is 9.20. The standard InChI is InChI=1S/C15H22N2O2/c1-3-15(8-10-16-11-9-15)14(18)17-12-4-6-13(19-2)7-5-12/h4-7,16H,3,8-11H2,1-2H3,(H,17,18). The lowest BCUT2D eigenvalue weighted by atomic mass is 9.76. The van der Waals surface area contributed by atoms with E-state index < -0.39 is 0 Å². The summed E-state index contributed by atoms with van der Waals surface area (Å²) in [4.78, 5) is 12.5. The molecular weight excluding hydrogens is 240 g/mol. The third kappa shape index (κ3) is 3.07. The molecule has 1 aromatic rings. The van der Waals surface area contributed by atoms with Crippen LogP contribution in [0.25, 0.3) is 0 Å². The first kappa shape index (κ1) is 13.9. The maximum atomic E-state index is 12.5. The Kier molecular flexibility index (Phi) is 4.43. The molecule has 104 valence electrons. The van der Waals surface area contributed by atoms with Crippen molar-refractivity contribution >= 4 is 11.6 Å². The van der Waals surface area contributed by atoms with Gasteiger partial charge in [0.1, 0.15) is 5.75 Å². The number of amides is 1. The van der Waals surface area contributed by atoms with Gasteiger partial charge in [0.25, 0.3) is 0 Å². The number of methoxy groups -OCH3 is 1. The highest BCUT2D eigenvalue weighted by Gasteiger charge is 2.37. The van der Waals surface area contributed by atoms with Gasteiger partial charge in [-0.1, -0.05) is 6.92 Å². The molecule has 0 radical (unpaired) electrons. The number of hydrogen-bond donors (Lipinski definition) is 2. The largest absolute Gasteiger partial charge is 0.497 e. The highest BCUT2D eigenvalue weighted by molar-refractivity contribution is 5.95. The molecule has 0 aromatic heterocycles. The van der Waals surface area contributed by atoms with Crippen molar-refractivity contribution in [1.82, 2.24) is 5.32 Å². The highest BCUT2D eigenvalue weighted by atomic mass is 16.5. The first-order valence-corrected chi connectivity index (χ1v) is 6.86. The summed E-state index contributed by atoms with van der Waals surface area (Å²) in [5, 5.41) is 6.34. The number of piperidine rings is 1. The van der Waals surface area contributed by atoms with E-state index in [1.54, 1.807) is 7.11 Å². The summed E-state index contributed by atoms with van der Waals surface area (Å²) in [5.41, 5.74) is 0.614. The number of ether oxygens (including phenoxy) is 1. The van der Waals surface area contributed by atoms with Gasteiger partial charge >= 0.3 is 0 Å². The van der Waals surface area contributed by atoms with Gasteiger partial charge in [-0.3, -0.25) is 4.79 Å². The average molecular weight is 262 g/mol. The Morgan fingerprint density at radius 1 is 1.32 bits per heavy atom. The van der Waals surface area contributed by atoms with Crippen LogP contribution in [0.4, 0.5) is 5.69 Å². The molecule has 4 heteroatoms. The van der Waals surface area contributed by atoms with E-state index in [-0.39, 0.29) is 11.3 Å². The zero-order chi connectivity index (χ0) is 13.7. The van der Waals surface area contributed by atoms with E-state index >= 15 is 0 Å². The van der Waals surface area contributed by atoms with Crippen LogP contribution in [-0.4, -0.2) is 26.1 Å². The molecule has 0 bridgehead atoms. The molecule has 1 heterocycles. The highest BCUT2D eigenvalue weighted by Crippen LogP contribution is 2.34. The fourth-order valence-electron chi connectivity index (χ4n) is 2.58. The molecule has 0 aliphatic carbocycles. The van der Waals surface area contributed by atoms with Crippen LogP contribution in [0, 0.1) is 5.41 Å². The molecule has 1 saturated heterocycles. The topological polar surface area (TPSA) is 50.4 Å². The Morgan fingerprint density at radius 3 is 2.47 bits per heavy atom.